The van der Waals surface area contributed by atoms with Gasteiger partial charge in [-0.2, -0.15) is 0 Å². The summed E-state index contributed by atoms with van der Waals surface area (Å²) in [6.45, 7) is 25.2. The molecule has 0 spiro atoms. The van der Waals surface area contributed by atoms with Crippen LogP contribution in [0.25, 0.3) is 6.08 Å². The Bertz CT molecular complexity index is 989. The molecule has 1 atom stereocenters. The highest BCUT2D eigenvalue weighted by Crippen LogP contribution is 2.26. The van der Waals surface area contributed by atoms with Crippen LogP contribution in [0.5, 0.6) is 0 Å². The van der Waals surface area contributed by atoms with Crippen molar-refractivity contribution in [2.75, 3.05) is 0 Å². The Morgan fingerprint density at radius 2 is 1.63 bits per heavy atom. The molecule has 3 heteroatoms. The minimum atomic E-state index is 0.0565. The van der Waals surface area contributed by atoms with Gasteiger partial charge < -0.3 is 10.6 Å². The number of carbonyl (C=O) groups is 1. The molecule has 2 N–H and O–H groups in total. The Morgan fingerprint density at radius 3 is 2.08 bits per heavy atom. The molecule has 0 amide bonds. The van der Waals surface area contributed by atoms with Crippen molar-refractivity contribution in [3.05, 3.63) is 88.4 Å². The molecule has 1 aromatic carbocycles. The topological polar surface area (TPSA) is 46.3 Å². The number of allylic oxidation sites excluding steroid dienone is 6. The molecular weight excluding hydrogens is 464 g/mol. The van der Waals surface area contributed by atoms with Crippen molar-refractivity contribution >= 4 is 11.9 Å². The first kappa shape index (κ1) is 35.4. The zero-order chi connectivity index (χ0) is 29.3. The van der Waals surface area contributed by atoms with Gasteiger partial charge in [0.1, 0.15) is 0 Å². The number of nitrogens with zero attached hydrogens (tertiary/aromatic N) is 1. The number of benzene rings is 1. The third kappa shape index (κ3) is 13.2. The molecule has 212 valence electrons. The first-order valence-corrected chi connectivity index (χ1v) is 14.5. The summed E-state index contributed by atoms with van der Waals surface area (Å²) >= 11 is 0. The molecular formula is C35H56N2O. The SMILES string of the molecule is C=C1C=C(C(C)=O)C=CN1/C(C)=C(C)/C(C)=C/c1ccccc1C.CCC(C)CC.CCCCC(N)CC. The van der Waals surface area contributed by atoms with E-state index in [1.807, 2.05) is 23.3 Å². The maximum Gasteiger partial charge on any atom is 0.159 e. The number of ketones is 1. The molecule has 0 saturated carbocycles. The Labute approximate surface area is 235 Å². The number of hydrogen-bond donors (Lipinski definition) is 1. The summed E-state index contributed by atoms with van der Waals surface area (Å²) in [5.74, 6) is 0.992. The Balaban J connectivity index is 0.000000805. The molecule has 0 fully saturated rings. The van der Waals surface area contributed by atoms with Crippen LogP contribution in [0.1, 0.15) is 112 Å². The zero-order valence-corrected chi connectivity index (χ0v) is 26.2. The summed E-state index contributed by atoms with van der Waals surface area (Å²) in [4.78, 5) is 13.5. The summed E-state index contributed by atoms with van der Waals surface area (Å²) in [6, 6.07) is 8.81. The zero-order valence-electron chi connectivity index (χ0n) is 26.2. The second-order valence-corrected chi connectivity index (χ2v) is 10.5. The molecule has 1 aliphatic rings. The van der Waals surface area contributed by atoms with Crippen LogP contribution in [0.15, 0.2) is 77.3 Å². The molecule has 2 rings (SSSR count). The van der Waals surface area contributed by atoms with Gasteiger partial charge in [-0.25, -0.2) is 0 Å². The number of carbonyl (C=O) groups excluding carboxylic acids is 1. The molecule has 0 aliphatic carbocycles. The molecule has 0 bridgehead atoms. The van der Waals surface area contributed by atoms with E-state index in [-0.39, 0.29) is 5.78 Å². The van der Waals surface area contributed by atoms with E-state index in [0.717, 1.165) is 23.7 Å². The summed E-state index contributed by atoms with van der Waals surface area (Å²) < 4.78 is 0. The number of unbranched alkanes of at least 4 members (excludes halogenated alkanes) is 1. The largest absolute Gasteiger partial charge is 0.328 e. The van der Waals surface area contributed by atoms with E-state index in [9.17, 15) is 4.79 Å². The fourth-order valence-electron chi connectivity index (χ4n) is 3.61. The third-order valence-electron chi connectivity index (χ3n) is 7.34. The van der Waals surface area contributed by atoms with Crippen molar-refractivity contribution in [1.29, 1.82) is 0 Å². The Morgan fingerprint density at radius 1 is 1.03 bits per heavy atom. The Hall–Kier alpha value is -2.65. The third-order valence-corrected chi connectivity index (χ3v) is 7.34. The molecule has 0 saturated heterocycles. The summed E-state index contributed by atoms with van der Waals surface area (Å²) in [7, 11) is 0. The highest BCUT2D eigenvalue weighted by atomic mass is 16.1. The van der Waals surface area contributed by atoms with Crippen molar-refractivity contribution in [2.24, 2.45) is 11.7 Å². The maximum absolute atomic E-state index is 11.5. The van der Waals surface area contributed by atoms with Crippen molar-refractivity contribution < 1.29 is 4.79 Å². The minimum absolute atomic E-state index is 0.0565. The van der Waals surface area contributed by atoms with Crippen molar-refractivity contribution in [2.45, 2.75) is 114 Å². The highest BCUT2D eigenvalue weighted by molar-refractivity contribution is 5.96. The van der Waals surface area contributed by atoms with Crippen LogP contribution in [0.4, 0.5) is 0 Å². The number of rotatable bonds is 10. The smallest absolute Gasteiger partial charge is 0.159 e. The number of aryl methyl sites for hydroxylation is 1. The standard InChI is InChI=1S/C22H25NO.C7H17N.C6H14/c1-15-9-7-8-10-21(15)13-16(2)18(4)19(5)23-12-11-22(20(6)24)14-17(23)3;1-3-5-6-7(8)4-2;1-4-6(3)5-2/h7-14H,3H2,1-2,4-6H3;7H,3-6,8H2,1-2H3;6H,4-5H2,1-3H3/b16-13+,19-18+;;. The molecule has 1 aliphatic heterocycles. The monoisotopic (exact) mass is 520 g/mol. The van der Waals surface area contributed by atoms with Crippen LogP contribution in [0.3, 0.4) is 0 Å². The predicted octanol–water partition coefficient (Wildman–Crippen LogP) is 9.91. The van der Waals surface area contributed by atoms with E-state index in [1.54, 1.807) is 6.92 Å². The van der Waals surface area contributed by atoms with Gasteiger partial charge in [-0.1, -0.05) is 97.2 Å². The van der Waals surface area contributed by atoms with Crippen LogP contribution in [0.2, 0.25) is 0 Å². The van der Waals surface area contributed by atoms with E-state index in [0.29, 0.717) is 11.6 Å². The lowest BCUT2D eigenvalue weighted by Gasteiger charge is -2.27. The number of nitrogens with two attached hydrogens (primary N) is 1. The van der Waals surface area contributed by atoms with E-state index in [2.05, 4.69) is 99.2 Å². The van der Waals surface area contributed by atoms with Crippen LogP contribution in [-0.2, 0) is 4.79 Å². The summed E-state index contributed by atoms with van der Waals surface area (Å²) in [5.41, 5.74) is 13.2. The molecule has 0 aromatic heterocycles. The number of hydrogen-bond acceptors (Lipinski definition) is 3. The van der Waals surface area contributed by atoms with E-state index >= 15 is 0 Å². The predicted molar refractivity (Wildman–Crippen MR) is 170 cm³/mol. The van der Waals surface area contributed by atoms with Crippen molar-refractivity contribution in [3.63, 3.8) is 0 Å². The maximum atomic E-state index is 11.5. The fourth-order valence-corrected chi connectivity index (χ4v) is 3.61. The molecule has 1 aromatic rings. The van der Waals surface area contributed by atoms with Crippen LogP contribution in [0, 0.1) is 12.8 Å². The first-order valence-electron chi connectivity index (χ1n) is 14.5. The van der Waals surface area contributed by atoms with E-state index in [4.69, 9.17) is 5.73 Å². The van der Waals surface area contributed by atoms with Gasteiger partial charge in [0.25, 0.3) is 0 Å². The fraction of sp³-hybridized carbons (Fsp3) is 0.514. The van der Waals surface area contributed by atoms with Gasteiger partial charge in [0.05, 0.1) is 0 Å². The number of Topliss-reactive ketones (excluding diaryl/α,β-unsaturated/α-hetero) is 1. The van der Waals surface area contributed by atoms with Crippen LogP contribution < -0.4 is 5.73 Å². The lowest BCUT2D eigenvalue weighted by Crippen LogP contribution is -2.18. The average Bonchev–Trinajstić information content (AvgIpc) is 2.92. The molecule has 38 heavy (non-hydrogen) atoms. The molecule has 0 radical (unpaired) electrons. The minimum Gasteiger partial charge on any atom is -0.328 e. The van der Waals surface area contributed by atoms with Crippen molar-refractivity contribution in [1.82, 2.24) is 4.90 Å². The average molecular weight is 521 g/mol. The van der Waals surface area contributed by atoms with E-state index < -0.39 is 0 Å². The summed E-state index contributed by atoms with van der Waals surface area (Å²) in [5, 5.41) is 0. The van der Waals surface area contributed by atoms with Gasteiger partial charge in [-0.05, 0) is 87.8 Å². The Kier molecular flexibility index (Phi) is 18.1. The van der Waals surface area contributed by atoms with Gasteiger partial charge in [0.2, 0.25) is 0 Å². The molecule has 1 unspecified atom stereocenters. The second kappa shape index (κ2) is 19.4. The summed E-state index contributed by atoms with van der Waals surface area (Å²) in [6.07, 6.45) is 15.3. The first-order chi connectivity index (χ1) is 17.9. The van der Waals surface area contributed by atoms with Gasteiger partial charge in [0, 0.05) is 29.2 Å². The van der Waals surface area contributed by atoms with E-state index in [1.165, 1.54) is 54.4 Å². The lowest BCUT2D eigenvalue weighted by atomic mass is 10.0. The van der Waals surface area contributed by atoms with Gasteiger partial charge in [-0.15, -0.1) is 0 Å². The van der Waals surface area contributed by atoms with Gasteiger partial charge >= 0.3 is 0 Å². The highest BCUT2D eigenvalue weighted by Gasteiger charge is 2.14. The van der Waals surface area contributed by atoms with Gasteiger partial charge in [-0.3, -0.25) is 4.79 Å². The van der Waals surface area contributed by atoms with Crippen molar-refractivity contribution in [3.8, 4) is 0 Å². The van der Waals surface area contributed by atoms with Crippen LogP contribution in [-0.4, -0.2) is 16.7 Å². The molecule has 3 nitrogen and oxygen atoms in total. The lowest BCUT2D eigenvalue weighted by molar-refractivity contribution is -0.113. The van der Waals surface area contributed by atoms with Crippen LogP contribution >= 0.6 is 0 Å². The second-order valence-electron chi connectivity index (χ2n) is 10.5. The molecule has 1 heterocycles. The quantitative estimate of drug-likeness (QED) is 0.312. The van der Waals surface area contributed by atoms with Gasteiger partial charge in [0.15, 0.2) is 5.78 Å². The normalized spacial score (nSPS) is 14.6.